The third-order valence-corrected chi connectivity index (χ3v) is 3.28. The molecule has 2 aromatic carbocycles. The summed E-state index contributed by atoms with van der Waals surface area (Å²) in [5.74, 6) is -1.13. The molecule has 1 heterocycles. The van der Waals surface area contributed by atoms with Gasteiger partial charge in [-0.3, -0.25) is 0 Å². The van der Waals surface area contributed by atoms with Gasteiger partial charge in [-0.25, -0.2) is 9.48 Å². The molecule has 0 radical (unpaired) electrons. The second-order valence-electron chi connectivity index (χ2n) is 4.97. The number of anilines is 1. The molecule has 3 aromatic rings. The van der Waals surface area contributed by atoms with Crippen molar-refractivity contribution in [3.05, 3.63) is 59.8 Å². The van der Waals surface area contributed by atoms with E-state index in [4.69, 9.17) is 5.73 Å². The standard InChI is InChI=1S/C16H14N4O2/c1-10-4-2-7-13(8-10)20-15(14(16(21)22)18-19-20)11-5-3-6-12(17)9-11/h2-9H,17H2,1H3,(H,21,22). The monoisotopic (exact) mass is 294 g/mol. The number of carbonyl (C=O) groups is 1. The lowest BCUT2D eigenvalue weighted by Gasteiger charge is -2.08. The summed E-state index contributed by atoms with van der Waals surface area (Å²) in [4.78, 5) is 11.4. The van der Waals surface area contributed by atoms with E-state index in [1.54, 1.807) is 24.3 Å². The fraction of sp³-hybridized carbons (Fsp3) is 0.0625. The SMILES string of the molecule is Cc1cccc(-n2nnc(C(=O)O)c2-c2cccc(N)c2)c1. The van der Waals surface area contributed by atoms with Crippen LogP contribution in [0.2, 0.25) is 0 Å². The number of aryl methyl sites for hydroxylation is 1. The van der Waals surface area contributed by atoms with Crippen LogP contribution in [0.25, 0.3) is 16.9 Å². The highest BCUT2D eigenvalue weighted by atomic mass is 16.4. The van der Waals surface area contributed by atoms with E-state index in [0.717, 1.165) is 11.3 Å². The molecule has 6 nitrogen and oxygen atoms in total. The molecule has 6 heteroatoms. The minimum Gasteiger partial charge on any atom is -0.476 e. The molecule has 0 saturated carbocycles. The van der Waals surface area contributed by atoms with E-state index < -0.39 is 5.97 Å². The Kier molecular flexibility index (Phi) is 3.34. The van der Waals surface area contributed by atoms with Crippen LogP contribution in [-0.2, 0) is 0 Å². The van der Waals surface area contributed by atoms with Crippen molar-refractivity contribution in [3.8, 4) is 16.9 Å². The molecule has 0 saturated heterocycles. The molecule has 0 bridgehead atoms. The second-order valence-corrected chi connectivity index (χ2v) is 4.97. The predicted octanol–water partition coefficient (Wildman–Crippen LogP) is 2.52. The van der Waals surface area contributed by atoms with E-state index in [9.17, 15) is 9.90 Å². The molecule has 0 atom stereocenters. The van der Waals surface area contributed by atoms with Crippen LogP contribution in [0.5, 0.6) is 0 Å². The molecule has 0 spiro atoms. The van der Waals surface area contributed by atoms with Gasteiger partial charge in [-0.1, -0.05) is 29.5 Å². The number of nitrogens with two attached hydrogens (primary N) is 1. The lowest BCUT2D eigenvalue weighted by Crippen LogP contribution is -2.03. The molecular formula is C16H14N4O2. The Morgan fingerprint density at radius 1 is 1.18 bits per heavy atom. The Labute approximate surface area is 126 Å². The van der Waals surface area contributed by atoms with Crippen molar-refractivity contribution in [2.24, 2.45) is 0 Å². The lowest BCUT2D eigenvalue weighted by atomic mass is 10.1. The molecule has 0 aliphatic rings. The van der Waals surface area contributed by atoms with Gasteiger partial charge in [0.2, 0.25) is 0 Å². The van der Waals surface area contributed by atoms with E-state index in [-0.39, 0.29) is 5.69 Å². The van der Waals surface area contributed by atoms with Crippen LogP contribution in [0, 0.1) is 6.92 Å². The summed E-state index contributed by atoms with van der Waals surface area (Å²) in [7, 11) is 0. The van der Waals surface area contributed by atoms with E-state index in [1.165, 1.54) is 4.68 Å². The smallest absolute Gasteiger partial charge is 0.358 e. The third-order valence-electron chi connectivity index (χ3n) is 3.28. The van der Waals surface area contributed by atoms with Crippen LogP contribution < -0.4 is 5.73 Å². The second kappa shape index (κ2) is 5.33. The topological polar surface area (TPSA) is 94.0 Å². The van der Waals surface area contributed by atoms with E-state index in [1.807, 2.05) is 31.2 Å². The lowest BCUT2D eigenvalue weighted by molar-refractivity contribution is 0.0691. The van der Waals surface area contributed by atoms with Gasteiger partial charge in [-0.15, -0.1) is 5.10 Å². The normalized spacial score (nSPS) is 10.6. The largest absolute Gasteiger partial charge is 0.476 e. The van der Waals surface area contributed by atoms with Crippen LogP contribution in [-0.4, -0.2) is 26.1 Å². The maximum atomic E-state index is 11.4. The van der Waals surface area contributed by atoms with Gasteiger partial charge in [0.15, 0.2) is 5.69 Å². The van der Waals surface area contributed by atoms with Crippen molar-refractivity contribution in [1.82, 2.24) is 15.0 Å². The van der Waals surface area contributed by atoms with Crippen LogP contribution in [0.15, 0.2) is 48.5 Å². The first-order valence-corrected chi connectivity index (χ1v) is 6.68. The van der Waals surface area contributed by atoms with E-state index in [2.05, 4.69) is 10.3 Å². The first-order chi connectivity index (χ1) is 10.6. The summed E-state index contributed by atoms with van der Waals surface area (Å²) >= 11 is 0. The van der Waals surface area contributed by atoms with Crippen molar-refractivity contribution in [2.45, 2.75) is 6.92 Å². The number of nitrogens with zero attached hydrogens (tertiary/aromatic N) is 3. The van der Waals surface area contributed by atoms with Crippen molar-refractivity contribution >= 4 is 11.7 Å². The first-order valence-electron chi connectivity index (χ1n) is 6.68. The Bertz CT molecular complexity index is 855. The summed E-state index contributed by atoms with van der Waals surface area (Å²) in [6.07, 6.45) is 0. The highest BCUT2D eigenvalue weighted by molar-refractivity contribution is 5.93. The van der Waals surface area contributed by atoms with Gasteiger partial charge in [0, 0.05) is 11.3 Å². The number of aromatic nitrogens is 3. The van der Waals surface area contributed by atoms with Crippen molar-refractivity contribution < 1.29 is 9.90 Å². The predicted molar refractivity (Wildman–Crippen MR) is 82.9 cm³/mol. The summed E-state index contributed by atoms with van der Waals surface area (Å²) in [5.41, 5.74) is 9.11. The zero-order chi connectivity index (χ0) is 15.7. The summed E-state index contributed by atoms with van der Waals surface area (Å²) in [6.45, 7) is 1.96. The van der Waals surface area contributed by atoms with Crippen LogP contribution in [0.3, 0.4) is 0 Å². The molecule has 0 aliphatic carbocycles. The van der Waals surface area contributed by atoms with Gasteiger partial charge in [0.1, 0.15) is 5.69 Å². The molecule has 1 aromatic heterocycles. The highest BCUT2D eigenvalue weighted by Gasteiger charge is 2.21. The van der Waals surface area contributed by atoms with Gasteiger partial charge in [0.05, 0.1) is 5.69 Å². The van der Waals surface area contributed by atoms with Gasteiger partial charge >= 0.3 is 5.97 Å². The minimum atomic E-state index is -1.13. The van der Waals surface area contributed by atoms with E-state index >= 15 is 0 Å². The van der Waals surface area contributed by atoms with Crippen molar-refractivity contribution in [1.29, 1.82) is 0 Å². The van der Waals surface area contributed by atoms with Crippen molar-refractivity contribution in [2.75, 3.05) is 5.73 Å². The van der Waals surface area contributed by atoms with E-state index in [0.29, 0.717) is 16.9 Å². The highest BCUT2D eigenvalue weighted by Crippen LogP contribution is 2.27. The number of rotatable bonds is 3. The first kappa shape index (κ1) is 13.8. The van der Waals surface area contributed by atoms with Crippen molar-refractivity contribution in [3.63, 3.8) is 0 Å². The number of hydrogen-bond acceptors (Lipinski definition) is 4. The van der Waals surface area contributed by atoms with Crippen LogP contribution >= 0.6 is 0 Å². The number of benzene rings is 2. The van der Waals surface area contributed by atoms with Crippen LogP contribution in [0.4, 0.5) is 5.69 Å². The fourth-order valence-corrected chi connectivity index (χ4v) is 2.31. The molecule has 0 amide bonds. The maximum Gasteiger partial charge on any atom is 0.358 e. The molecule has 0 unspecified atom stereocenters. The third kappa shape index (κ3) is 2.42. The minimum absolute atomic E-state index is 0.105. The fourth-order valence-electron chi connectivity index (χ4n) is 2.31. The zero-order valence-electron chi connectivity index (χ0n) is 11.9. The molecule has 110 valence electrons. The Hall–Kier alpha value is -3.15. The molecule has 3 N–H and O–H groups in total. The zero-order valence-corrected chi connectivity index (χ0v) is 11.9. The quantitative estimate of drug-likeness (QED) is 0.724. The molecule has 3 rings (SSSR count). The average molecular weight is 294 g/mol. The maximum absolute atomic E-state index is 11.4. The molecular weight excluding hydrogens is 280 g/mol. The number of carboxylic acid groups (broad SMARTS) is 1. The number of aromatic carboxylic acids is 1. The molecule has 0 fully saturated rings. The molecule has 0 aliphatic heterocycles. The Morgan fingerprint density at radius 2 is 1.95 bits per heavy atom. The average Bonchev–Trinajstić information content (AvgIpc) is 2.92. The Morgan fingerprint density at radius 3 is 2.64 bits per heavy atom. The summed E-state index contributed by atoms with van der Waals surface area (Å²) < 4.78 is 1.52. The van der Waals surface area contributed by atoms with Gasteiger partial charge in [0.25, 0.3) is 0 Å². The van der Waals surface area contributed by atoms with Crippen LogP contribution in [0.1, 0.15) is 16.1 Å². The van der Waals surface area contributed by atoms with Gasteiger partial charge < -0.3 is 10.8 Å². The summed E-state index contributed by atoms with van der Waals surface area (Å²) in [6, 6.07) is 14.6. The number of nitrogen functional groups attached to an aromatic ring is 1. The number of hydrogen-bond donors (Lipinski definition) is 2. The number of carboxylic acids is 1. The summed E-state index contributed by atoms with van der Waals surface area (Å²) in [5, 5.41) is 17.2. The Balaban J connectivity index is 2.26. The van der Waals surface area contributed by atoms with Gasteiger partial charge in [-0.2, -0.15) is 0 Å². The van der Waals surface area contributed by atoms with Gasteiger partial charge in [-0.05, 0) is 36.8 Å². The molecule has 22 heavy (non-hydrogen) atoms.